The lowest BCUT2D eigenvalue weighted by molar-refractivity contribution is -0.117. The van der Waals surface area contributed by atoms with Crippen molar-refractivity contribution in [3.63, 3.8) is 0 Å². The number of hydrogen-bond acceptors (Lipinski definition) is 6. The molecule has 2 aliphatic heterocycles. The zero-order valence-electron chi connectivity index (χ0n) is 13.9. The second kappa shape index (κ2) is 5.81. The van der Waals surface area contributed by atoms with Crippen LogP contribution in [-0.2, 0) is 14.6 Å². The van der Waals surface area contributed by atoms with Crippen molar-refractivity contribution in [2.75, 3.05) is 23.5 Å². The van der Waals surface area contributed by atoms with Gasteiger partial charge in [0.2, 0.25) is 5.91 Å². The number of fused-ring (bicyclic) bond motifs is 1. The molecular formula is C17H18N2O4S2. The lowest BCUT2D eigenvalue weighted by atomic mass is 10.1. The Labute approximate surface area is 150 Å². The van der Waals surface area contributed by atoms with Gasteiger partial charge in [-0.05, 0) is 31.2 Å². The molecule has 0 aliphatic carbocycles. The maximum absolute atomic E-state index is 12.4. The Balaban J connectivity index is 1.68. The quantitative estimate of drug-likeness (QED) is 0.819. The largest absolute Gasteiger partial charge is 0.497 e. The molecule has 2 atom stereocenters. The van der Waals surface area contributed by atoms with E-state index in [9.17, 15) is 13.2 Å². The molecule has 4 rings (SSSR count). The van der Waals surface area contributed by atoms with E-state index in [0.717, 1.165) is 21.9 Å². The zero-order valence-corrected chi connectivity index (χ0v) is 15.6. The van der Waals surface area contributed by atoms with Crippen molar-refractivity contribution < 1.29 is 17.9 Å². The van der Waals surface area contributed by atoms with Crippen molar-refractivity contribution in [3.05, 3.63) is 29.1 Å². The summed E-state index contributed by atoms with van der Waals surface area (Å²) in [6.45, 7) is 1.96. The molecule has 2 unspecified atom stereocenters. The first-order valence-electron chi connectivity index (χ1n) is 8.02. The summed E-state index contributed by atoms with van der Waals surface area (Å²) in [6, 6.07) is 7.33. The van der Waals surface area contributed by atoms with Crippen LogP contribution in [0.4, 0.5) is 5.13 Å². The lowest BCUT2D eigenvalue weighted by Gasteiger charge is -2.19. The molecule has 1 aromatic carbocycles. The minimum absolute atomic E-state index is 0.0278. The number of benzene rings is 1. The van der Waals surface area contributed by atoms with Gasteiger partial charge in [0.05, 0.1) is 30.4 Å². The third-order valence-electron chi connectivity index (χ3n) is 4.83. The average molecular weight is 378 g/mol. The number of aryl methyl sites for hydroxylation is 1. The summed E-state index contributed by atoms with van der Waals surface area (Å²) >= 11 is 1.44. The molecule has 1 aromatic heterocycles. The second-order valence-electron chi connectivity index (χ2n) is 6.50. The highest BCUT2D eigenvalue weighted by molar-refractivity contribution is 7.91. The molecule has 2 aromatic rings. The number of ether oxygens (including phenoxy) is 1. The van der Waals surface area contributed by atoms with Gasteiger partial charge in [-0.3, -0.25) is 9.69 Å². The molecule has 0 bridgehead atoms. The van der Waals surface area contributed by atoms with Crippen LogP contribution in [0, 0.1) is 12.8 Å². The fraction of sp³-hybridized carbons (Fsp3) is 0.412. The molecule has 2 aliphatic rings. The van der Waals surface area contributed by atoms with Gasteiger partial charge in [0.15, 0.2) is 15.0 Å². The summed E-state index contributed by atoms with van der Waals surface area (Å²) in [7, 11) is -1.45. The number of hydrogen-bond donors (Lipinski definition) is 0. The summed E-state index contributed by atoms with van der Waals surface area (Å²) in [6.07, 6.45) is 0.292. The van der Waals surface area contributed by atoms with Gasteiger partial charge in [-0.15, -0.1) is 11.3 Å². The fourth-order valence-electron chi connectivity index (χ4n) is 3.64. The molecule has 6 nitrogen and oxygen atoms in total. The second-order valence-corrected chi connectivity index (χ2v) is 9.84. The maximum Gasteiger partial charge on any atom is 0.229 e. The Morgan fingerprint density at radius 3 is 2.64 bits per heavy atom. The van der Waals surface area contributed by atoms with E-state index in [0.29, 0.717) is 11.6 Å². The van der Waals surface area contributed by atoms with Crippen LogP contribution >= 0.6 is 11.3 Å². The molecule has 3 heterocycles. The number of sulfone groups is 1. The first-order valence-corrected chi connectivity index (χ1v) is 10.7. The molecule has 25 heavy (non-hydrogen) atoms. The molecule has 2 fully saturated rings. The van der Waals surface area contributed by atoms with Crippen molar-refractivity contribution in [1.82, 2.24) is 4.98 Å². The third kappa shape index (κ3) is 2.83. The number of carbonyl (C=O) groups is 1. The van der Waals surface area contributed by atoms with Crippen molar-refractivity contribution in [2.24, 2.45) is 5.92 Å². The molecule has 132 valence electrons. The summed E-state index contributed by atoms with van der Waals surface area (Å²) in [5.41, 5.74) is 1.77. The number of carbonyl (C=O) groups excluding carboxylic acids is 1. The Morgan fingerprint density at radius 1 is 1.24 bits per heavy atom. The van der Waals surface area contributed by atoms with E-state index < -0.39 is 9.84 Å². The molecule has 0 radical (unpaired) electrons. The van der Waals surface area contributed by atoms with E-state index in [2.05, 4.69) is 4.98 Å². The first kappa shape index (κ1) is 16.5. The van der Waals surface area contributed by atoms with Gasteiger partial charge in [-0.2, -0.15) is 0 Å². The number of anilines is 1. The number of aromatic nitrogens is 1. The molecule has 1 amide bonds. The van der Waals surface area contributed by atoms with Crippen LogP contribution in [0.3, 0.4) is 0 Å². The summed E-state index contributed by atoms with van der Waals surface area (Å²) in [4.78, 5) is 19.7. The Bertz CT molecular complexity index is 934. The van der Waals surface area contributed by atoms with E-state index in [4.69, 9.17) is 4.74 Å². The highest BCUT2D eigenvalue weighted by Crippen LogP contribution is 2.41. The fourth-order valence-corrected chi connectivity index (χ4v) is 6.72. The van der Waals surface area contributed by atoms with Crippen LogP contribution in [0.5, 0.6) is 5.75 Å². The molecule has 0 saturated carbocycles. The van der Waals surface area contributed by atoms with E-state index in [1.807, 2.05) is 31.2 Å². The Kier molecular flexibility index (Phi) is 3.84. The van der Waals surface area contributed by atoms with Crippen molar-refractivity contribution in [2.45, 2.75) is 19.4 Å². The molecular weight excluding hydrogens is 360 g/mol. The van der Waals surface area contributed by atoms with Gasteiger partial charge in [0.1, 0.15) is 5.75 Å². The highest BCUT2D eigenvalue weighted by Gasteiger charge is 2.50. The van der Waals surface area contributed by atoms with E-state index in [-0.39, 0.29) is 29.4 Å². The average Bonchev–Trinajstić information content (AvgIpc) is 3.16. The summed E-state index contributed by atoms with van der Waals surface area (Å²) in [5.74, 6) is 0.784. The van der Waals surface area contributed by atoms with Gasteiger partial charge in [-0.1, -0.05) is 0 Å². The van der Waals surface area contributed by atoms with Gasteiger partial charge < -0.3 is 4.74 Å². The highest BCUT2D eigenvalue weighted by atomic mass is 32.2. The van der Waals surface area contributed by atoms with Crippen molar-refractivity contribution in [3.8, 4) is 17.0 Å². The zero-order chi connectivity index (χ0) is 17.8. The smallest absolute Gasteiger partial charge is 0.229 e. The van der Waals surface area contributed by atoms with Crippen LogP contribution < -0.4 is 9.64 Å². The molecule has 0 N–H and O–H groups in total. The monoisotopic (exact) mass is 378 g/mol. The van der Waals surface area contributed by atoms with Crippen LogP contribution in [-0.4, -0.2) is 44.0 Å². The van der Waals surface area contributed by atoms with Crippen LogP contribution in [0.2, 0.25) is 0 Å². The van der Waals surface area contributed by atoms with Crippen LogP contribution in [0.15, 0.2) is 24.3 Å². The van der Waals surface area contributed by atoms with Gasteiger partial charge in [-0.25, -0.2) is 13.4 Å². The summed E-state index contributed by atoms with van der Waals surface area (Å²) in [5, 5.41) is 0.595. The lowest BCUT2D eigenvalue weighted by Crippen LogP contribution is -2.36. The molecule has 0 spiro atoms. The third-order valence-corrected chi connectivity index (χ3v) is 7.58. The van der Waals surface area contributed by atoms with Gasteiger partial charge in [0, 0.05) is 22.8 Å². The predicted molar refractivity (Wildman–Crippen MR) is 96.9 cm³/mol. The number of methoxy groups -OCH3 is 1. The van der Waals surface area contributed by atoms with Crippen molar-refractivity contribution >= 4 is 32.2 Å². The first-order chi connectivity index (χ1) is 11.9. The molecule has 8 heteroatoms. The predicted octanol–water partition coefficient (Wildman–Crippen LogP) is 2.28. The van der Waals surface area contributed by atoms with E-state index >= 15 is 0 Å². The van der Waals surface area contributed by atoms with E-state index in [1.165, 1.54) is 11.3 Å². The van der Waals surface area contributed by atoms with Gasteiger partial charge >= 0.3 is 0 Å². The number of nitrogens with zero attached hydrogens (tertiary/aromatic N) is 2. The Hall–Kier alpha value is -1.93. The number of thiazole rings is 1. The normalized spacial score (nSPS) is 24.6. The van der Waals surface area contributed by atoms with Crippen LogP contribution in [0.25, 0.3) is 11.3 Å². The van der Waals surface area contributed by atoms with Crippen molar-refractivity contribution in [1.29, 1.82) is 0 Å². The Morgan fingerprint density at radius 2 is 1.96 bits per heavy atom. The molecule has 2 saturated heterocycles. The van der Waals surface area contributed by atoms with Crippen LogP contribution in [0.1, 0.15) is 11.3 Å². The maximum atomic E-state index is 12.4. The minimum atomic E-state index is -3.06. The van der Waals surface area contributed by atoms with Gasteiger partial charge in [0.25, 0.3) is 0 Å². The van der Waals surface area contributed by atoms with E-state index in [1.54, 1.807) is 12.0 Å². The standard InChI is InChI=1S/C17H18N2O4S2/c1-10-16(11-3-5-13(23-2)6-4-11)18-17(24-10)19-14-9-25(21,22)8-12(14)7-15(19)20/h3-6,12,14H,7-9H2,1-2H3. The number of amides is 1. The topological polar surface area (TPSA) is 76.6 Å². The number of rotatable bonds is 3. The summed E-state index contributed by atoms with van der Waals surface area (Å²) < 4.78 is 29.0. The SMILES string of the molecule is COc1ccc(-c2nc(N3C(=O)CC4CS(=O)(=O)CC43)sc2C)cc1. The minimum Gasteiger partial charge on any atom is -0.497 e.